The molecule has 0 heterocycles. The fourth-order valence-corrected chi connectivity index (χ4v) is 2.45. The highest BCUT2D eigenvalue weighted by Gasteiger charge is 2.09. The number of hydrogen-bond acceptors (Lipinski definition) is 3. The molecule has 21 heavy (non-hydrogen) atoms. The highest BCUT2D eigenvalue weighted by atomic mass is 79.9. The Morgan fingerprint density at radius 2 is 1.95 bits per heavy atom. The van der Waals surface area contributed by atoms with Gasteiger partial charge in [0.2, 0.25) is 0 Å². The van der Waals surface area contributed by atoms with Crippen molar-refractivity contribution in [1.82, 2.24) is 0 Å². The van der Waals surface area contributed by atoms with Gasteiger partial charge in [-0.1, -0.05) is 22.0 Å². The standard InChI is InChI=1S/C16H13BrN2O2/c1-19(14-6-2-11(9-18)3-7-14)10-13-5-4-12(16(20)21)8-15(13)17/h2-8H,10H2,1H3,(H,20,21). The van der Waals surface area contributed by atoms with Gasteiger partial charge in [0.05, 0.1) is 17.2 Å². The van der Waals surface area contributed by atoms with Gasteiger partial charge in [-0.15, -0.1) is 0 Å². The normalized spacial score (nSPS) is 9.95. The highest BCUT2D eigenvalue weighted by Crippen LogP contribution is 2.23. The quantitative estimate of drug-likeness (QED) is 0.919. The van der Waals surface area contributed by atoms with Gasteiger partial charge in [0.15, 0.2) is 0 Å². The molecular weight excluding hydrogens is 332 g/mol. The average Bonchev–Trinajstić information content (AvgIpc) is 2.49. The molecule has 4 nitrogen and oxygen atoms in total. The van der Waals surface area contributed by atoms with Crippen molar-refractivity contribution in [2.45, 2.75) is 6.54 Å². The summed E-state index contributed by atoms with van der Waals surface area (Å²) < 4.78 is 0.767. The Balaban J connectivity index is 2.17. The number of halogens is 1. The number of rotatable bonds is 4. The number of carboxylic acid groups (broad SMARTS) is 1. The number of benzene rings is 2. The van der Waals surface area contributed by atoms with Crippen molar-refractivity contribution < 1.29 is 9.90 Å². The molecule has 0 unspecified atom stereocenters. The number of carboxylic acids is 1. The topological polar surface area (TPSA) is 64.3 Å². The van der Waals surface area contributed by atoms with Crippen molar-refractivity contribution in [2.24, 2.45) is 0 Å². The van der Waals surface area contributed by atoms with Crippen LogP contribution in [0.4, 0.5) is 5.69 Å². The van der Waals surface area contributed by atoms with E-state index < -0.39 is 5.97 Å². The van der Waals surface area contributed by atoms with Crippen molar-refractivity contribution in [1.29, 1.82) is 5.26 Å². The summed E-state index contributed by atoms with van der Waals surface area (Å²) in [7, 11) is 1.94. The van der Waals surface area contributed by atoms with Gasteiger partial charge in [0, 0.05) is 23.8 Å². The molecule has 0 aliphatic heterocycles. The molecule has 0 atom stereocenters. The number of nitriles is 1. The lowest BCUT2D eigenvalue weighted by atomic mass is 10.1. The lowest BCUT2D eigenvalue weighted by molar-refractivity contribution is 0.0697. The van der Waals surface area contributed by atoms with E-state index in [1.165, 1.54) is 0 Å². The lowest BCUT2D eigenvalue weighted by Crippen LogP contribution is -2.16. The van der Waals surface area contributed by atoms with E-state index in [2.05, 4.69) is 22.0 Å². The van der Waals surface area contributed by atoms with Gasteiger partial charge in [0.1, 0.15) is 0 Å². The summed E-state index contributed by atoms with van der Waals surface area (Å²) in [6.45, 7) is 0.631. The van der Waals surface area contributed by atoms with Crippen LogP contribution in [0, 0.1) is 11.3 Å². The van der Waals surface area contributed by atoms with Gasteiger partial charge in [0.25, 0.3) is 0 Å². The van der Waals surface area contributed by atoms with Gasteiger partial charge in [-0.05, 0) is 42.0 Å². The van der Waals surface area contributed by atoms with Crippen molar-refractivity contribution in [2.75, 3.05) is 11.9 Å². The van der Waals surface area contributed by atoms with E-state index in [0.717, 1.165) is 15.7 Å². The number of carbonyl (C=O) groups is 1. The number of hydrogen-bond donors (Lipinski definition) is 1. The first-order valence-corrected chi connectivity index (χ1v) is 7.03. The first kappa shape index (κ1) is 15.1. The molecule has 2 rings (SSSR count). The zero-order chi connectivity index (χ0) is 15.4. The SMILES string of the molecule is CN(Cc1ccc(C(=O)O)cc1Br)c1ccc(C#N)cc1. The van der Waals surface area contributed by atoms with Gasteiger partial charge in [-0.25, -0.2) is 4.79 Å². The predicted octanol–water partition coefficient (Wildman–Crippen LogP) is 3.66. The Morgan fingerprint density at radius 3 is 2.48 bits per heavy atom. The molecule has 0 aliphatic carbocycles. The Kier molecular flexibility index (Phi) is 4.61. The first-order chi connectivity index (χ1) is 10.0. The maximum absolute atomic E-state index is 10.9. The molecule has 0 aromatic heterocycles. The predicted molar refractivity (Wildman–Crippen MR) is 84.4 cm³/mol. The van der Waals surface area contributed by atoms with Crippen LogP contribution < -0.4 is 4.90 Å². The molecule has 0 amide bonds. The molecule has 0 aliphatic rings. The lowest BCUT2D eigenvalue weighted by Gasteiger charge is -2.20. The molecule has 0 saturated heterocycles. The van der Waals surface area contributed by atoms with Crippen LogP contribution in [0.3, 0.4) is 0 Å². The first-order valence-electron chi connectivity index (χ1n) is 6.24. The molecule has 0 fully saturated rings. The molecule has 2 aromatic carbocycles. The number of aromatic carboxylic acids is 1. The fraction of sp³-hybridized carbons (Fsp3) is 0.125. The molecule has 0 spiro atoms. The zero-order valence-corrected chi connectivity index (χ0v) is 13.0. The third-order valence-electron chi connectivity index (χ3n) is 3.14. The van der Waals surface area contributed by atoms with Gasteiger partial charge < -0.3 is 10.0 Å². The van der Waals surface area contributed by atoms with Gasteiger partial charge >= 0.3 is 5.97 Å². The van der Waals surface area contributed by atoms with E-state index >= 15 is 0 Å². The van der Waals surface area contributed by atoms with Crippen molar-refractivity contribution in [3.05, 3.63) is 63.6 Å². The van der Waals surface area contributed by atoms with E-state index in [1.54, 1.807) is 30.3 Å². The summed E-state index contributed by atoms with van der Waals surface area (Å²) in [5, 5.41) is 17.7. The van der Waals surface area contributed by atoms with Crippen LogP contribution >= 0.6 is 15.9 Å². The van der Waals surface area contributed by atoms with Crippen LogP contribution in [-0.2, 0) is 6.54 Å². The summed E-state index contributed by atoms with van der Waals surface area (Å²) in [6.07, 6.45) is 0. The molecular formula is C16H13BrN2O2. The molecule has 0 bridgehead atoms. The van der Waals surface area contributed by atoms with Crippen LogP contribution in [0.5, 0.6) is 0 Å². The van der Waals surface area contributed by atoms with Crippen LogP contribution in [-0.4, -0.2) is 18.1 Å². The molecule has 0 radical (unpaired) electrons. The van der Waals surface area contributed by atoms with E-state index in [1.807, 2.05) is 24.1 Å². The summed E-state index contributed by atoms with van der Waals surface area (Å²) in [4.78, 5) is 12.9. The summed E-state index contributed by atoms with van der Waals surface area (Å²) in [5.41, 5.74) is 2.86. The second kappa shape index (κ2) is 6.42. The van der Waals surface area contributed by atoms with Crippen molar-refractivity contribution in [3.63, 3.8) is 0 Å². The Morgan fingerprint density at radius 1 is 1.29 bits per heavy atom. The van der Waals surface area contributed by atoms with Gasteiger partial charge in [-0.3, -0.25) is 0 Å². The van der Waals surface area contributed by atoms with Crippen LogP contribution in [0.15, 0.2) is 46.9 Å². The molecule has 0 saturated carbocycles. The smallest absolute Gasteiger partial charge is 0.335 e. The summed E-state index contributed by atoms with van der Waals surface area (Å²) in [5.74, 6) is -0.942. The summed E-state index contributed by atoms with van der Waals surface area (Å²) >= 11 is 3.41. The molecule has 1 N–H and O–H groups in total. The highest BCUT2D eigenvalue weighted by molar-refractivity contribution is 9.10. The second-order valence-corrected chi connectivity index (χ2v) is 5.48. The monoisotopic (exact) mass is 344 g/mol. The minimum absolute atomic E-state index is 0.256. The maximum atomic E-state index is 10.9. The van der Waals surface area contributed by atoms with Crippen molar-refractivity contribution >= 4 is 27.6 Å². The average molecular weight is 345 g/mol. The van der Waals surface area contributed by atoms with Crippen LogP contribution in [0.1, 0.15) is 21.5 Å². The summed E-state index contributed by atoms with van der Waals surface area (Å²) in [6, 6.07) is 14.4. The van der Waals surface area contributed by atoms with E-state index in [0.29, 0.717) is 12.1 Å². The van der Waals surface area contributed by atoms with Crippen LogP contribution in [0.25, 0.3) is 0 Å². The zero-order valence-electron chi connectivity index (χ0n) is 11.4. The minimum Gasteiger partial charge on any atom is -0.478 e. The molecule has 2 aromatic rings. The van der Waals surface area contributed by atoms with Crippen molar-refractivity contribution in [3.8, 4) is 6.07 Å². The Bertz CT molecular complexity index is 705. The number of nitrogens with zero attached hydrogens (tertiary/aromatic N) is 2. The van der Waals surface area contributed by atoms with E-state index in [9.17, 15) is 4.79 Å². The third-order valence-corrected chi connectivity index (χ3v) is 3.88. The maximum Gasteiger partial charge on any atom is 0.335 e. The third kappa shape index (κ3) is 3.61. The molecule has 5 heteroatoms. The molecule has 106 valence electrons. The minimum atomic E-state index is -0.942. The Hall–Kier alpha value is -2.32. The van der Waals surface area contributed by atoms with Gasteiger partial charge in [-0.2, -0.15) is 5.26 Å². The Labute approximate surface area is 131 Å². The van der Waals surface area contributed by atoms with E-state index in [-0.39, 0.29) is 5.56 Å². The number of anilines is 1. The second-order valence-electron chi connectivity index (χ2n) is 4.63. The van der Waals surface area contributed by atoms with E-state index in [4.69, 9.17) is 10.4 Å². The fourth-order valence-electron chi connectivity index (χ4n) is 1.95. The largest absolute Gasteiger partial charge is 0.478 e. The van der Waals surface area contributed by atoms with Crippen LogP contribution in [0.2, 0.25) is 0 Å².